The van der Waals surface area contributed by atoms with E-state index in [1.54, 1.807) is 50.7 Å². The van der Waals surface area contributed by atoms with Crippen LogP contribution in [0.25, 0.3) is 22.4 Å². The molecule has 0 saturated carbocycles. The molecule has 10 heteroatoms. The van der Waals surface area contributed by atoms with Gasteiger partial charge in [-0.3, -0.25) is 4.79 Å². The second kappa shape index (κ2) is 10.1. The molecule has 1 N–H and O–H groups in total. The molecule has 3 heterocycles. The van der Waals surface area contributed by atoms with Gasteiger partial charge in [0, 0.05) is 21.9 Å². The average Bonchev–Trinajstić information content (AvgIpc) is 3.40. The van der Waals surface area contributed by atoms with Crippen molar-refractivity contribution in [2.75, 3.05) is 20.8 Å². The number of pyridine rings is 1. The van der Waals surface area contributed by atoms with Gasteiger partial charge in [0.25, 0.3) is 11.6 Å². The minimum absolute atomic E-state index is 0.238. The molecule has 35 heavy (non-hydrogen) atoms. The normalized spacial score (nSPS) is 10.9. The number of amides is 1. The number of carbonyl (C=O) groups excluding carboxylic acids is 2. The molecule has 0 aliphatic heterocycles. The number of hydrogen-bond acceptors (Lipinski definition) is 9. The molecule has 0 fully saturated rings. The number of aromatic nitrogens is 2. The Morgan fingerprint density at radius 3 is 2.51 bits per heavy atom. The quantitative estimate of drug-likeness (QED) is 0.359. The molecule has 0 bridgehead atoms. The van der Waals surface area contributed by atoms with E-state index in [0.29, 0.717) is 28.3 Å². The summed E-state index contributed by atoms with van der Waals surface area (Å²) in [4.78, 5) is 32.1. The van der Waals surface area contributed by atoms with Gasteiger partial charge in [0.1, 0.15) is 0 Å². The van der Waals surface area contributed by atoms with Crippen molar-refractivity contribution in [3.63, 3.8) is 0 Å². The smallest absolute Gasteiger partial charge is 0.339 e. The highest BCUT2D eigenvalue weighted by atomic mass is 32.1. The lowest BCUT2D eigenvalue weighted by Crippen LogP contribution is -2.28. The first-order valence-electron chi connectivity index (χ1n) is 10.8. The van der Waals surface area contributed by atoms with Crippen molar-refractivity contribution in [2.24, 2.45) is 0 Å². The Balaban J connectivity index is 1.47. The Bertz CT molecular complexity index is 1410. The monoisotopic (exact) mass is 495 g/mol. The van der Waals surface area contributed by atoms with Crippen molar-refractivity contribution in [3.05, 3.63) is 56.9 Å². The Labute approximate surface area is 206 Å². The molecule has 0 unspecified atom stereocenters. The Morgan fingerprint density at radius 1 is 1.06 bits per heavy atom. The number of nitrogens with one attached hydrogen (secondary N) is 1. The fourth-order valence-electron chi connectivity index (χ4n) is 3.73. The van der Waals surface area contributed by atoms with Crippen LogP contribution in [0.1, 0.15) is 31.4 Å². The lowest BCUT2D eigenvalue weighted by molar-refractivity contribution is -0.124. The van der Waals surface area contributed by atoms with E-state index in [1.165, 1.54) is 0 Å². The molecule has 1 amide bonds. The molecular weight excluding hydrogens is 470 g/mol. The van der Waals surface area contributed by atoms with Crippen LogP contribution >= 0.6 is 11.3 Å². The lowest BCUT2D eigenvalue weighted by atomic mass is 10.1. The van der Waals surface area contributed by atoms with E-state index in [2.05, 4.69) is 15.5 Å². The lowest BCUT2D eigenvalue weighted by Gasteiger charge is -2.11. The van der Waals surface area contributed by atoms with Crippen molar-refractivity contribution >= 4 is 34.3 Å². The molecule has 0 radical (unpaired) electrons. The highest BCUT2D eigenvalue weighted by molar-refractivity contribution is 7.12. The Kier molecular flexibility index (Phi) is 7.02. The molecule has 4 rings (SSSR count). The first-order valence-corrected chi connectivity index (χ1v) is 11.6. The van der Waals surface area contributed by atoms with Crippen molar-refractivity contribution in [3.8, 4) is 22.8 Å². The summed E-state index contributed by atoms with van der Waals surface area (Å²) < 4.78 is 21.2. The maximum Gasteiger partial charge on any atom is 0.339 e. The Hall–Kier alpha value is -3.92. The van der Waals surface area contributed by atoms with E-state index in [4.69, 9.17) is 18.7 Å². The maximum absolute atomic E-state index is 13.0. The molecule has 1 aromatic carbocycles. The predicted octanol–water partition coefficient (Wildman–Crippen LogP) is 4.37. The van der Waals surface area contributed by atoms with E-state index in [0.717, 1.165) is 20.9 Å². The number of benzene rings is 1. The molecule has 0 aliphatic carbocycles. The van der Waals surface area contributed by atoms with Gasteiger partial charge in [-0.15, -0.1) is 11.3 Å². The molecule has 0 spiro atoms. The molecule has 0 atom stereocenters. The summed E-state index contributed by atoms with van der Waals surface area (Å²) in [6.07, 6.45) is 0. The molecule has 0 saturated heterocycles. The third kappa shape index (κ3) is 5.12. The zero-order valence-corrected chi connectivity index (χ0v) is 20.9. The Morgan fingerprint density at radius 2 is 1.83 bits per heavy atom. The van der Waals surface area contributed by atoms with Gasteiger partial charge in [-0.1, -0.05) is 11.2 Å². The zero-order valence-electron chi connectivity index (χ0n) is 20.1. The first kappa shape index (κ1) is 24.2. The summed E-state index contributed by atoms with van der Waals surface area (Å²) in [7, 11) is 3.09. The van der Waals surface area contributed by atoms with Gasteiger partial charge in [0.15, 0.2) is 18.1 Å². The summed E-state index contributed by atoms with van der Waals surface area (Å²) in [5, 5.41) is 7.14. The van der Waals surface area contributed by atoms with Crippen LogP contribution in [0.5, 0.6) is 11.5 Å². The fourth-order valence-corrected chi connectivity index (χ4v) is 4.66. The molecule has 4 aromatic rings. The number of esters is 1. The minimum atomic E-state index is -0.657. The van der Waals surface area contributed by atoms with E-state index in [1.807, 2.05) is 26.0 Å². The molecule has 182 valence electrons. The van der Waals surface area contributed by atoms with Crippen LogP contribution < -0.4 is 14.8 Å². The van der Waals surface area contributed by atoms with Gasteiger partial charge < -0.3 is 24.1 Å². The number of nitrogens with zero attached hydrogens (tertiary/aromatic N) is 2. The van der Waals surface area contributed by atoms with Gasteiger partial charge in [0.05, 0.1) is 36.6 Å². The van der Waals surface area contributed by atoms with Crippen LogP contribution in [0.4, 0.5) is 0 Å². The number of thiophene rings is 1. The number of aryl methyl sites for hydroxylation is 3. The van der Waals surface area contributed by atoms with Crippen LogP contribution in [-0.4, -0.2) is 42.8 Å². The van der Waals surface area contributed by atoms with Crippen molar-refractivity contribution < 1.29 is 28.3 Å². The van der Waals surface area contributed by atoms with Crippen LogP contribution in [0.2, 0.25) is 0 Å². The summed E-state index contributed by atoms with van der Waals surface area (Å²) in [6, 6.07) is 9.00. The maximum atomic E-state index is 13.0. The van der Waals surface area contributed by atoms with E-state index in [9.17, 15) is 9.59 Å². The van der Waals surface area contributed by atoms with Gasteiger partial charge >= 0.3 is 5.97 Å². The minimum Gasteiger partial charge on any atom is -0.493 e. The molecule has 9 nitrogen and oxygen atoms in total. The average molecular weight is 496 g/mol. The third-order valence-corrected chi connectivity index (χ3v) is 6.39. The highest BCUT2D eigenvalue weighted by Gasteiger charge is 2.22. The van der Waals surface area contributed by atoms with E-state index < -0.39 is 18.5 Å². The second-order valence-corrected chi connectivity index (χ2v) is 9.33. The number of methoxy groups -OCH3 is 2. The largest absolute Gasteiger partial charge is 0.493 e. The third-order valence-electron chi connectivity index (χ3n) is 5.43. The topological polar surface area (TPSA) is 113 Å². The fraction of sp³-hybridized carbons (Fsp3) is 0.280. The van der Waals surface area contributed by atoms with Crippen molar-refractivity contribution in [1.82, 2.24) is 15.5 Å². The standard InChI is InChI=1S/C25H25N3O6S/c1-13-8-17(15(3)35-13)19-10-18(23-14(2)28-34-24(23)27-19)25(30)33-12-22(29)26-11-16-6-7-20(31-4)21(9-16)32-5/h6-10H,11-12H2,1-5H3,(H,26,29). The number of fused-ring (bicyclic) bond motifs is 1. The van der Waals surface area contributed by atoms with Gasteiger partial charge in [0.2, 0.25) is 0 Å². The summed E-state index contributed by atoms with van der Waals surface area (Å²) in [5.74, 6) is 0.0560. The summed E-state index contributed by atoms with van der Waals surface area (Å²) in [5.41, 5.74) is 3.31. The van der Waals surface area contributed by atoms with Crippen LogP contribution in [0, 0.1) is 20.8 Å². The summed E-state index contributed by atoms with van der Waals surface area (Å²) >= 11 is 1.64. The van der Waals surface area contributed by atoms with Gasteiger partial charge in [-0.25, -0.2) is 9.78 Å². The number of hydrogen-bond donors (Lipinski definition) is 1. The van der Waals surface area contributed by atoms with Crippen LogP contribution in [0.3, 0.4) is 0 Å². The first-order chi connectivity index (χ1) is 16.8. The summed E-state index contributed by atoms with van der Waals surface area (Å²) in [6.45, 7) is 5.52. The van der Waals surface area contributed by atoms with Gasteiger partial charge in [-0.05, 0) is 50.6 Å². The molecule has 0 aliphatic rings. The highest BCUT2D eigenvalue weighted by Crippen LogP contribution is 2.33. The van der Waals surface area contributed by atoms with E-state index in [-0.39, 0.29) is 17.8 Å². The number of carbonyl (C=O) groups is 2. The molecule has 3 aromatic heterocycles. The second-order valence-electron chi connectivity index (χ2n) is 7.87. The SMILES string of the molecule is COc1ccc(CNC(=O)COC(=O)c2cc(-c3cc(C)sc3C)nc3onc(C)c23)cc1OC. The van der Waals surface area contributed by atoms with Crippen LogP contribution in [0.15, 0.2) is 34.9 Å². The van der Waals surface area contributed by atoms with Crippen molar-refractivity contribution in [1.29, 1.82) is 0 Å². The van der Waals surface area contributed by atoms with Crippen LogP contribution in [-0.2, 0) is 16.1 Å². The zero-order chi connectivity index (χ0) is 25.1. The molecular formula is C25H25N3O6S. The number of rotatable bonds is 8. The number of ether oxygens (including phenoxy) is 3. The predicted molar refractivity (Wildman–Crippen MR) is 131 cm³/mol. The van der Waals surface area contributed by atoms with Gasteiger partial charge in [-0.2, -0.15) is 0 Å². The van der Waals surface area contributed by atoms with E-state index >= 15 is 0 Å². The van der Waals surface area contributed by atoms with Crippen molar-refractivity contribution in [2.45, 2.75) is 27.3 Å².